The van der Waals surface area contributed by atoms with Gasteiger partial charge >= 0.3 is 12.0 Å². The molecule has 0 radical (unpaired) electrons. The number of nitrogens with zero attached hydrogens (tertiary/aromatic N) is 4. The van der Waals surface area contributed by atoms with Crippen molar-refractivity contribution >= 4 is 33.7 Å². The van der Waals surface area contributed by atoms with Gasteiger partial charge in [0, 0.05) is 31.3 Å². The first-order chi connectivity index (χ1) is 18.6. The molecule has 1 aliphatic carbocycles. The van der Waals surface area contributed by atoms with Gasteiger partial charge in [0.2, 0.25) is 5.91 Å². The number of alkyl halides is 2. The Balaban J connectivity index is 1.27. The van der Waals surface area contributed by atoms with Crippen LogP contribution in [0, 0.1) is 17.2 Å². The Hall–Kier alpha value is -4.11. The van der Waals surface area contributed by atoms with Crippen LogP contribution in [-0.2, 0) is 4.79 Å². The Morgan fingerprint density at radius 1 is 1.18 bits per heavy atom. The molecule has 3 heterocycles. The van der Waals surface area contributed by atoms with E-state index in [9.17, 15) is 23.6 Å². The van der Waals surface area contributed by atoms with Gasteiger partial charge in [0.05, 0.1) is 12.1 Å². The number of pyridine rings is 2. The van der Waals surface area contributed by atoms with Gasteiger partial charge in [-0.05, 0) is 75.3 Å². The maximum absolute atomic E-state index is 14.5. The van der Waals surface area contributed by atoms with E-state index in [0.717, 1.165) is 16.6 Å². The van der Waals surface area contributed by atoms with Crippen LogP contribution in [0.3, 0.4) is 0 Å². The van der Waals surface area contributed by atoms with Gasteiger partial charge in [-0.1, -0.05) is 12.1 Å². The Kier molecular flexibility index (Phi) is 7.18. The highest BCUT2D eigenvalue weighted by Crippen LogP contribution is 2.48. The maximum atomic E-state index is 14.5. The molecule has 2 aromatic heterocycles. The second-order valence-electron chi connectivity index (χ2n) is 9.47. The standard InChI is InChI=1S/C27H22BrF2N5O4/c28-23-4-2-17(13-33-23)19-11-20(19)25(36)34-24-10-16(5-7-32-24)15-1-3-21(18(9-15)12-31)39-22-6-8-35(26(37)38)14-27(22,29)30/h1-5,7,9-10,13,19-20,22H,6,8,11,14H2,(H,37,38)(H,32,34,36)/t19-,20+,22?/m0/s1. The van der Waals surface area contributed by atoms with Gasteiger partial charge in [0.15, 0.2) is 6.10 Å². The summed E-state index contributed by atoms with van der Waals surface area (Å²) in [6, 6.07) is 13.7. The largest absolute Gasteiger partial charge is 0.483 e. The first kappa shape index (κ1) is 26.5. The van der Waals surface area contributed by atoms with E-state index in [0.29, 0.717) is 21.8 Å². The number of aromatic nitrogens is 2. The second-order valence-corrected chi connectivity index (χ2v) is 10.3. The molecule has 0 bridgehead atoms. The molecule has 2 fully saturated rings. The number of hydrogen-bond acceptors (Lipinski definition) is 6. The SMILES string of the molecule is N#Cc1cc(-c2ccnc(NC(=O)[C@@H]3C[C@H]3c3ccc(Br)nc3)c2)ccc1OC1CCN(C(=O)O)CC1(F)F. The number of ether oxygens (including phenoxy) is 1. The van der Waals surface area contributed by atoms with Crippen molar-refractivity contribution < 1.29 is 28.2 Å². The van der Waals surface area contributed by atoms with Gasteiger partial charge in [-0.2, -0.15) is 5.26 Å². The highest BCUT2D eigenvalue weighted by atomic mass is 79.9. The average Bonchev–Trinajstić information content (AvgIpc) is 3.71. The summed E-state index contributed by atoms with van der Waals surface area (Å²) in [7, 11) is 0. The van der Waals surface area contributed by atoms with Crippen molar-refractivity contribution in [1.29, 1.82) is 5.26 Å². The number of nitriles is 1. The van der Waals surface area contributed by atoms with Crippen LogP contribution in [-0.4, -0.2) is 57.1 Å². The molecule has 2 N–H and O–H groups in total. The number of likely N-dealkylation sites (tertiary alicyclic amines) is 1. The second kappa shape index (κ2) is 10.6. The normalized spacial score (nSPS) is 21.5. The number of carboxylic acid groups (broad SMARTS) is 1. The number of halogens is 3. The third-order valence-corrected chi connectivity index (χ3v) is 7.29. The number of carbonyl (C=O) groups is 2. The third kappa shape index (κ3) is 5.83. The highest BCUT2D eigenvalue weighted by molar-refractivity contribution is 9.10. The minimum absolute atomic E-state index is 0.0144. The molecule has 1 unspecified atom stereocenters. The summed E-state index contributed by atoms with van der Waals surface area (Å²) in [5.74, 6) is -3.30. The zero-order valence-electron chi connectivity index (χ0n) is 20.4. The summed E-state index contributed by atoms with van der Waals surface area (Å²) in [6.07, 6.45) is 0.813. The Labute approximate surface area is 230 Å². The van der Waals surface area contributed by atoms with E-state index in [2.05, 4.69) is 31.2 Å². The lowest BCUT2D eigenvalue weighted by Gasteiger charge is -2.36. The van der Waals surface area contributed by atoms with Gasteiger partial charge < -0.3 is 20.1 Å². The number of carbonyl (C=O) groups excluding carboxylic acids is 1. The number of amides is 2. The number of rotatable bonds is 6. The minimum atomic E-state index is -3.41. The van der Waals surface area contributed by atoms with Crippen LogP contribution in [0.4, 0.5) is 19.4 Å². The molecule has 1 aliphatic heterocycles. The van der Waals surface area contributed by atoms with Crippen molar-refractivity contribution in [2.24, 2.45) is 5.92 Å². The fourth-order valence-electron chi connectivity index (χ4n) is 4.64. The van der Waals surface area contributed by atoms with Crippen LogP contribution >= 0.6 is 15.9 Å². The number of hydrogen-bond donors (Lipinski definition) is 2. The lowest BCUT2D eigenvalue weighted by molar-refractivity contribution is -0.133. The summed E-state index contributed by atoms with van der Waals surface area (Å²) in [5.41, 5.74) is 2.31. The molecule has 39 heavy (non-hydrogen) atoms. The molecule has 1 saturated carbocycles. The Morgan fingerprint density at radius 2 is 1.97 bits per heavy atom. The van der Waals surface area contributed by atoms with Crippen LogP contribution in [0.2, 0.25) is 0 Å². The van der Waals surface area contributed by atoms with Gasteiger partial charge in [-0.3, -0.25) is 4.79 Å². The molecule has 2 aliphatic rings. The average molecular weight is 598 g/mol. The topological polar surface area (TPSA) is 128 Å². The Morgan fingerprint density at radius 3 is 2.67 bits per heavy atom. The van der Waals surface area contributed by atoms with E-state index in [1.165, 1.54) is 18.3 Å². The van der Waals surface area contributed by atoms with Crippen LogP contribution in [0.5, 0.6) is 5.75 Å². The molecule has 9 nitrogen and oxygen atoms in total. The number of benzene rings is 1. The molecule has 2 amide bonds. The van der Waals surface area contributed by atoms with Gasteiger partial charge in [-0.15, -0.1) is 0 Å². The maximum Gasteiger partial charge on any atom is 0.407 e. The predicted molar refractivity (Wildman–Crippen MR) is 139 cm³/mol. The number of anilines is 1. The van der Waals surface area contributed by atoms with E-state index in [-0.39, 0.29) is 42.0 Å². The van der Waals surface area contributed by atoms with Gasteiger partial charge in [0.1, 0.15) is 22.2 Å². The molecule has 1 saturated heterocycles. The predicted octanol–water partition coefficient (Wildman–Crippen LogP) is 5.29. The van der Waals surface area contributed by atoms with Crippen LogP contribution in [0.1, 0.15) is 29.9 Å². The van der Waals surface area contributed by atoms with E-state index >= 15 is 0 Å². The fourth-order valence-corrected chi connectivity index (χ4v) is 4.87. The zero-order chi connectivity index (χ0) is 27.7. The van der Waals surface area contributed by atoms with Gasteiger partial charge in [-0.25, -0.2) is 23.5 Å². The van der Waals surface area contributed by atoms with Crippen LogP contribution < -0.4 is 10.1 Å². The lowest BCUT2D eigenvalue weighted by atomic mass is 10.0. The number of piperidine rings is 1. The molecular formula is C27H22BrF2N5O4. The molecule has 1 aromatic carbocycles. The van der Waals surface area contributed by atoms with Crippen molar-refractivity contribution in [1.82, 2.24) is 14.9 Å². The van der Waals surface area contributed by atoms with E-state index in [4.69, 9.17) is 9.84 Å². The minimum Gasteiger partial charge on any atom is -0.483 e. The molecule has 200 valence electrons. The highest BCUT2D eigenvalue weighted by Gasteiger charge is 2.48. The molecule has 12 heteroatoms. The Bertz CT molecular complexity index is 1460. The summed E-state index contributed by atoms with van der Waals surface area (Å²) in [6.45, 7) is -1.07. The van der Waals surface area contributed by atoms with Crippen molar-refractivity contribution in [2.75, 3.05) is 18.4 Å². The molecule has 3 atom stereocenters. The molecule has 0 spiro atoms. The first-order valence-electron chi connectivity index (χ1n) is 12.1. The summed E-state index contributed by atoms with van der Waals surface area (Å²) in [4.78, 5) is 32.9. The van der Waals surface area contributed by atoms with Crippen molar-refractivity contribution in [2.45, 2.75) is 30.8 Å². The quantitative estimate of drug-likeness (QED) is 0.369. The summed E-state index contributed by atoms with van der Waals surface area (Å²) in [5, 5.41) is 21.5. The number of nitrogens with one attached hydrogen (secondary N) is 1. The van der Waals surface area contributed by atoms with Crippen molar-refractivity contribution in [3.8, 4) is 22.9 Å². The van der Waals surface area contributed by atoms with E-state index in [1.54, 1.807) is 24.4 Å². The summed E-state index contributed by atoms with van der Waals surface area (Å²) >= 11 is 3.30. The van der Waals surface area contributed by atoms with Crippen LogP contribution in [0.15, 0.2) is 59.5 Å². The fraction of sp³-hybridized carbons (Fsp3) is 0.296. The molecule has 3 aromatic rings. The van der Waals surface area contributed by atoms with Crippen molar-refractivity contribution in [3.63, 3.8) is 0 Å². The monoisotopic (exact) mass is 597 g/mol. The lowest BCUT2D eigenvalue weighted by Crippen LogP contribution is -2.55. The van der Waals surface area contributed by atoms with E-state index < -0.39 is 24.7 Å². The van der Waals surface area contributed by atoms with E-state index in [1.807, 2.05) is 18.2 Å². The van der Waals surface area contributed by atoms with Gasteiger partial charge in [0.25, 0.3) is 0 Å². The third-order valence-electron chi connectivity index (χ3n) is 6.82. The molecular weight excluding hydrogens is 576 g/mol. The smallest absolute Gasteiger partial charge is 0.407 e. The van der Waals surface area contributed by atoms with Crippen molar-refractivity contribution in [3.05, 3.63) is 70.6 Å². The van der Waals surface area contributed by atoms with Crippen LogP contribution in [0.25, 0.3) is 11.1 Å². The first-order valence-corrected chi connectivity index (χ1v) is 12.9. The molecule has 5 rings (SSSR count). The zero-order valence-corrected chi connectivity index (χ0v) is 21.9. The summed E-state index contributed by atoms with van der Waals surface area (Å²) < 4.78 is 35.3.